The number of benzene rings is 2. The molecule has 3 rings (SSSR count). The number of nitrogens with zero attached hydrogens (tertiary/aromatic N) is 2. The van der Waals surface area contributed by atoms with Crippen LogP contribution in [0.3, 0.4) is 0 Å². The first kappa shape index (κ1) is 20.1. The summed E-state index contributed by atoms with van der Waals surface area (Å²) in [5.41, 5.74) is 3.26. The van der Waals surface area contributed by atoms with Crippen molar-refractivity contribution in [3.8, 4) is 5.75 Å². The van der Waals surface area contributed by atoms with Gasteiger partial charge in [0.15, 0.2) is 0 Å². The third kappa shape index (κ3) is 5.68. The number of nitrogens with one attached hydrogen (secondary N) is 2. The van der Waals surface area contributed by atoms with Gasteiger partial charge in [-0.2, -0.15) is 4.98 Å². The lowest BCUT2D eigenvalue weighted by Gasteiger charge is -2.11. The predicted molar refractivity (Wildman–Crippen MR) is 113 cm³/mol. The number of rotatable bonds is 8. The van der Waals surface area contributed by atoms with E-state index >= 15 is 0 Å². The Bertz CT molecular complexity index is 957. The second-order valence-electron chi connectivity index (χ2n) is 6.34. The Labute approximate surface area is 170 Å². The first-order valence-electron chi connectivity index (χ1n) is 9.34. The van der Waals surface area contributed by atoms with Crippen LogP contribution >= 0.6 is 0 Å². The van der Waals surface area contributed by atoms with E-state index in [4.69, 9.17) is 9.47 Å². The summed E-state index contributed by atoms with van der Waals surface area (Å²) in [4.78, 5) is 20.7. The highest BCUT2D eigenvalue weighted by atomic mass is 16.5. The number of hydrogen-bond acceptors (Lipinski definition) is 7. The van der Waals surface area contributed by atoms with Crippen molar-refractivity contribution in [2.45, 2.75) is 20.4 Å². The summed E-state index contributed by atoms with van der Waals surface area (Å²) in [5, 5.41) is 6.48. The molecule has 29 heavy (non-hydrogen) atoms. The Morgan fingerprint density at radius 3 is 2.41 bits per heavy atom. The average molecular weight is 392 g/mol. The lowest BCUT2D eigenvalue weighted by Crippen LogP contribution is -2.07. The number of hydrogen-bond donors (Lipinski definition) is 2. The topological polar surface area (TPSA) is 85.4 Å². The molecule has 0 bridgehead atoms. The number of methoxy groups -OCH3 is 1. The molecule has 0 aliphatic carbocycles. The number of aromatic nitrogens is 2. The SMILES string of the molecule is CCOC(=O)c1ccc(Nc2cc(C)nc(NCc3ccc(OC)cc3)n2)cc1. The maximum atomic E-state index is 11.7. The van der Waals surface area contributed by atoms with Gasteiger partial charge in [0.05, 0.1) is 19.3 Å². The summed E-state index contributed by atoms with van der Waals surface area (Å²) in [5.74, 6) is 1.69. The second kappa shape index (κ2) is 9.54. The number of esters is 1. The molecule has 0 atom stereocenters. The molecule has 1 aromatic heterocycles. The van der Waals surface area contributed by atoms with E-state index in [1.54, 1.807) is 26.2 Å². The number of ether oxygens (including phenoxy) is 2. The van der Waals surface area contributed by atoms with Crippen LogP contribution < -0.4 is 15.4 Å². The van der Waals surface area contributed by atoms with Crippen LogP contribution in [0.15, 0.2) is 54.6 Å². The van der Waals surface area contributed by atoms with Crippen molar-refractivity contribution in [2.24, 2.45) is 0 Å². The number of carbonyl (C=O) groups excluding carboxylic acids is 1. The van der Waals surface area contributed by atoms with E-state index in [9.17, 15) is 4.79 Å². The fourth-order valence-electron chi connectivity index (χ4n) is 2.69. The van der Waals surface area contributed by atoms with Crippen molar-refractivity contribution in [3.63, 3.8) is 0 Å². The smallest absolute Gasteiger partial charge is 0.338 e. The molecule has 0 aliphatic heterocycles. The first-order valence-corrected chi connectivity index (χ1v) is 9.34. The van der Waals surface area contributed by atoms with Gasteiger partial charge < -0.3 is 20.1 Å². The molecular formula is C22H24N4O3. The minimum Gasteiger partial charge on any atom is -0.497 e. The molecule has 0 radical (unpaired) electrons. The van der Waals surface area contributed by atoms with Crippen LogP contribution in [0.4, 0.5) is 17.5 Å². The summed E-state index contributed by atoms with van der Waals surface area (Å²) in [7, 11) is 1.65. The molecule has 7 heteroatoms. The summed E-state index contributed by atoms with van der Waals surface area (Å²) in [6.07, 6.45) is 0. The van der Waals surface area contributed by atoms with Gasteiger partial charge >= 0.3 is 5.97 Å². The van der Waals surface area contributed by atoms with Gasteiger partial charge in [0.2, 0.25) is 5.95 Å². The van der Waals surface area contributed by atoms with Crippen LogP contribution in [-0.2, 0) is 11.3 Å². The zero-order chi connectivity index (χ0) is 20.6. The molecule has 2 aromatic carbocycles. The summed E-state index contributed by atoms with van der Waals surface area (Å²) >= 11 is 0. The summed E-state index contributed by atoms with van der Waals surface area (Å²) in [6, 6.07) is 16.7. The molecule has 0 saturated heterocycles. The number of aryl methyl sites for hydroxylation is 1. The fraction of sp³-hybridized carbons (Fsp3) is 0.227. The van der Waals surface area contributed by atoms with E-state index in [1.165, 1.54) is 0 Å². The van der Waals surface area contributed by atoms with Gasteiger partial charge in [-0.15, -0.1) is 0 Å². The minimum atomic E-state index is -0.332. The zero-order valence-electron chi connectivity index (χ0n) is 16.7. The maximum Gasteiger partial charge on any atom is 0.338 e. The monoisotopic (exact) mass is 392 g/mol. The summed E-state index contributed by atoms with van der Waals surface area (Å²) < 4.78 is 10.2. The van der Waals surface area contributed by atoms with E-state index in [1.807, 2.05) is 49.4 Å². The zero-order valence-corrected chi connectivity index (χ0v) is 16.7. The van der Waals surface area contributed by atoms with Gasteiger partial charge in [0, 0.05) is 24.0 Å². The third-order valence-corrected chi connectivity index (χ3v) is 4.13. The van der Waals surface area contributed by atoms with Crippen molar-refractivity contribution in [1.82, 2.24) is 9.97 Å². The minimum absolute atomic E-state index is 0.332. The fourth-order valence-corrected chi connectivity index (χ4v) is 2.69. The van der Waals surface area contributed by atoms with Crippen molar-refractivity contribution >= 4 is 23.4 Å². The van der Waals surface area contributed by atoms with Crippen molar-refractivity contribution in [3.05, 3.63) is 71.4 Å². The molecule has 0 unspecified atom stereocenters. The Hall–Kier alpha value is -3.61. The maximum absolute atomic E-state index is 11.7. The van der Waals surface area contributed by atoms with Crippen molar-refractivity contribution < 1.29 is 14.3 Å². The second-order valence-corrected chi connectivity index (χ2v) is 6.34. The molecule has 0 saturated carbocycles. The van der Waals surface area contributed by atoms with Gasteiger partial charge in [-0.1, -0.05) is 12.1 Å². The van der Waals surface area contributed by atoms with Gasteiger partial charge in [-0.05, 0) is 55.8 Å². The predicted octanol–water partition coefficient (Wildman–Crippen LogP) is 4.33. The molecular weight excluding hydrogens is 368 g/mol. The van der Waals surface area contributed by atoms with E-state index in [0.29, 0.717) is 30.5 Å². The van der Waals surface area contributed by atoms with Crippen LogP contribution in [0.1, 0.15) is 28.5 Å². The first-order chi connectivity index (χ1) is 14.1. The Balaban J connectivity index is 1.66. The standard InChI is InChI=1S/C22H24N4O3/c1-4-29-21(27)17-7-9-18(10-8-17)25-20-13-15(2)24-22(26-20)23-14-16-5-11-19(28-3)12-6-16/h5-13H,4,14H2,1-3H3,(H2,23,24,25,26). The largest absolute Gasteiger partial charge is 0.497 e. The van der Waals surface area contributed by atoms with Crippen LogP contribution in [0, 0.1) is 6.92 Å². The third-order valence-electron chi connectivity index (χ3n) is 4.13. The molecule has 150 valence electrons. The molecule has 3 aromatic rings. The molecule has 7 nitrogen and oxygen atoms in total. The van der Waals surface area contributed by atoms with Gasteiger partial charge in [-0.25, -0.2) is 9.78 Å². The molecule has 1 heterocycles. The van der Waals surface area contributed by atoms with Gasteiger partial charge in [0.1, 0.15) is 11.6 Å². The lowest BCUT2D eigenvalue weighted by molar-refractivity contribution is 0.0526. The quantitative estimate of drug-likeness (QED) is 0.552. The van der Waals surface area contributed by atoms with E-state index in [0.717, 1.165) is 22.7 Å². The highest BCUT2D eigenvalue weighted by Gasteiger charge is 2.07. The van der Waals surface area contributed by atoms with E-state index < -0.39 is 0 Å². The molecule has 2 N–H and O–H groups in total. The van der Waals surface area contributed by atoms with Crippen molar-refractivity contribution in [2.75, 3.05) is 24.4 Å². The van der Waals surface area contributed by atoms with Gasteiger partial charge in [0.25, 0.3) is 0 Å². The molecule has 0 fully saturated rings. The molecule has 0 spiro atoms. The van der Waals surface area contributed by atoms with Crippen LogP contribution in [-0.4, -0.2) is 29.7 Å². The normalized spacial score (nSPS) is 10.3. The lowest BCUT2D eigenvalue weighted by atomic mass is 10.2. The van der Waals surface area contributed by atoms with E-state index in [2.05, 4.69) is 20.6 Å². The average Bonchev–Trinajstić information content (AvgIpc) is 2.73. The molecule has 0 aliphatic rings. The number of anilines is 3. The van der Waals surface area contributed by atoms with Crippen LogP contribution in [0.25, 0.3) is 0 Å². The van der Waals surface area contributed by atoms with Crippen LogP contribution in [0.5, 0.6) is 5.75 Å². The summed E-state index contributed by atoms with van der Waals surface area (Å²) in [6.45, 7) is 4.65. The highest BCUT2D eigenvalue weighted by molar-refractivity contribution is 5.89. The number of carbonyl (C=O) groups is 1. The highest BCUT2D eigenvalue weighted by Crippen LogP contribution is 2.18. The Kier molecular flexibility index (Phi) is 6.63. The van der Waals surface area contributed by atoms with E-state index in [-0.39, 0.29) is 5.97 Å². The Morgan fingerprint density at radius 1 is 1.03 bits per heavy atom. The van der Waals surface area contributed by atoms with Crippen molar-refractivity contribution in [1.29, 1.82) is 0 Å². The Morgan fingerprint density at radius 2 is 1.76 bits per heavy atom. The molecule has 0 amide bonds. The van der Waals surface area contributed by atoms with Crippen LogP contribution in [0.2, 0.25) is 0 Å². The van der Waals surface area contributed by atoms with Gasteiger partial charge in [-0.3, -0.25) is 0 Å².